The van der Waals surface area contributed by atoms with E-state index in [0.717, 1.165) is 0 Å². The van der Waals surface area contributed by atoms with Crippen LogP contribution >= 0.6 is 11.6 Å². The molecule has 1 rings (SSSR count). The van der Waals surface area contributed by atoms with Gasteiger partial charge in [-0.3, -0.25) is 14.4 Å². The molecule has 1 aromatic carbocycles. The fraction of sp³-hybridized carbons (Fsp3) is 0.471. The van der Waals surface area contributed by atoms with Crippen molar-refractivity contribution in [2.45, 2.75) is 26.8 Å². The van der Waals surface area contributed by atoms with E-state index in [9.17, 15) is 14.4 Å². The Hall–Kier alpha value is -2.32. The summed E-state index contributed by atoms with van der Waals surface area (Å²) >= 11 is 6.10. The average molecular weight is 386 g/mol. The van der Waals surface area contributed by atoms with Crippen LogP contribution in [0.1, 0.15) is 20.8 Å². The molecule has 0 fully saturated rings. The van der Waals surface area contributed by atoms with Gasteiger partial charge in [0.05, 0.1) is 11.6 Å². The zero-order valence-electron chi connectivity index (χ0n) is 15.0. The first-order valence-corrected chi connectivity index (χ1v) is 8.62. The molecule has 0 saturated carbocycles. The molecule has 0 heterocycles. The Morgan fingerprint density at radius 2 is 1.88 bits per heavy atom. The highest BCUT2D eigenvalue weighted by atomic mass is 35.5. The van der Waals surface area contributed by atoms with Crippen molar-refractivity contribution in [1.29, 1.82) is 0 Å². The topological polar surface area (TPSA) is 108 Å². The molecule has 3 amide bonds. The molecular weight excluding hydrogens is 362 g/mol. The van der Waals surface area contributed by atoms with Crippen LogP contribution in [0.3, 0.4) is 0 Å². The molecule has 0 aromatic heterocycles. The Morgan fingerprint density at radius 1 is 1.23 bits per heavy atom. The molecule has 0 aliphatic heterocycles. The molecule has 0 aliphatic rings. The van der Waals surface area contributed by atoms with Gasteiger partial charge in [-0.2, -0.15) is 0 Å². The number of carbonyl (C=O) groups excluding carboxylic acids is 3. The van der Waals surface area contributed by atoms with Crippen LogP contribution in [0.15, 0.2) is 18.2 Å². The van der Waals surface area contributed by atoms with Gasteiger partial charge in [-0.25, -0.2) is 0 Å². The average Bonchev–Trinajstić information content (AvgIpc) is 2.61. The number of halogens is 1. The quantitative estimate of drug-likeness (QED) is 0.579. The van der Waals surface area contributed by atoms with Crippen molar-refractivity contribution in [3.63, 3.8) is 0 Å². The normalized spacial score (nSPS) is 11.4. The Balaban J connectivity index is 2.65. The van der Waals surface area contributed by atoms with Gasteiger partial charge in [0.2, 0.25) is 0 Å². The van der Waals surface area contributed by atoms with Gasteiger partial charge >= 0.3 is 11.8 Å². The van der Waals surface area contributed by atoms with Crippen molar-refractivity contribution < 1.29 is 24.2 Å². The molecule has 9 heteroatoms. The first kappa shape index (κ1) is 21.7. The van der Waals surface area contributed by atoms with Crippen LogP contribution in [0.25, 0.3) is 0 Å². The minimum Gasteiger partial charge on any atom is -0.482 e. The highest BCUT2D eigenvalue weighted by molar-refractivity contribution is 6.40. The van der Waals surface area contributed by atoms with E-state index in [1.807, 2.05) is 13.8 Å². The molecule has 0 bridgehead atoms. The minimum atomic E-state index is -0.883. The lowest BCUT2D eigenvalue weighted by atomic mass is 10.3. The van der Waals surface area contributed by atoms with Crippen LogP contribution in [0.5, 0.6) is 5.75 Å². The monoisotopic (exact) mass is 385 g/mol. The van der Waals surface area contributed by atoms with E-state index in [4.69, 9.17) is 21.4 Å². The van der Waals surface area contributed by atoms with E-state index in [0.29, 0.717) is 24.5 Å². The van der Waals surface area contributed by atoms with Gasteiger partial charge in [0, 0.05) is 24.8 Å². The van der Waals surface area contributed by atoms with Crippen molar-refractivity contribution in [3.05, 3.63) is 23.2 Å². The number of amides is 3. The molecule has 0 spiro atoms. The van der Waals surface area contributed by atoms with Crippen molar-refractivity contribution in [3.8, 4) is 5.75 Å². The van der Waals surface area contributed by atoms with Gasteiger partial charge in [-0.15, -0.1) is 0 Å². The summed E-state index contributed by atoms with van der Waals surface area (Å²) in [6.45, 7) is 6.08. The minimum absolute atomic E-state index is 0.144. The van der Waals surface area contributed by atoms with Gasteiger partial charge in [-0.1, -0.05) is 11.6 Å². The maximum atomic E-state index is 11.9. The number of hydrogen-bond acceptors (Lipinski definition) is 5. The maximum absolute atomic E-state index is 11.9. The van der Waals surface area contributed by atoms with Gasteiger partial charge < -0.3 is 25.4 Å². The van der Waals surface area contributed by atoms with E-state index < -0.39 is 17.9 Å². The molecular formula is C17H24ClN3O5. The third-order valence-electron chi connectivity index (χ3n) is 3.51. The molecule has 0 radical (unpaired) electrons. The lowest BCUT2D eigenvalue weighted by molar-refractivity contribution is -0.136. The smallest absolute Gasteiger partial charge is 0.313 e. The summed E-state index contributed by atoms with van der Waals surface area (Å²) in [4.78, 5) is 37.0. The second kappa shape index (κ2) is 10.6. The fourth-order valence-electron chi connectivity index (χ4n) is 2.03. The lowest BCUT2D eigenvalue weighted by Crippen LogP contribution is -2.42. The van der Waals surface area contributed by atoms with Crippen LogP contribution in [0, 0.1) is 0 Å². The van der Waals surface area contributed by atoms with Crippen molar-refractivity contribution in [1.82, 2.24) is 10.2 Å². The van der Waals surface area contributed by atoms with Gasteiger partial charge in [0.1, 0.15) is 5.75 Å². The van der Waals surface area contributed by atoms with Crippen LogP contribution in [0.2, 0.25) is 5.02 Å². The fourth-order valence-corrected chi connectivity index (χ4v) is 2.26. The van der Waals surface area contributed by atoms with E-state index in [1.165, 1.54) is 18.2 Å². The summed E-state index contributed by atoms with van der Waals surface area (Å²) < 4.78 is 5.41. The standard InChI is InChI=1S/C17H24ClN3O5/c1-4-21(5-2)15(23)10-26-14-7-6-12(8-13(14)18)20-17(25)16(24)19-11(3)9-22/h6-8,11,22H,4-5,9-10H2,1-3H3,(H,19,24)(H,20,25)/t11-/m0/s1. The zero-order valence-corrected chi connectivity index (χ0v) is 15.8. The van der Waals surface area contributed by atoms with Crippen LogP contribution in [-0.4, -0.2) is 60.1 Å². The van der Waals surface area contributed by atoms with E-state index in [-0.39, 0.29) is 24.1 Å². The molecule has 3 N–H and O–H groups in total. The molecule has 1 aromatic rings. The third-order valence-corrected chi connectivity index (χ3v) is 3.81. The van der Waals surface area contributed by atoms with Gasteiger partial charge in [-0.05, 0) is 39.0 Å². The largest absolute Gasteiger partial charge is 0.482 e. The highest BCUT2D eigenvalue weighted by Crippen LogP contribution is 2.27. The first-order chi connectivity index (χ1) is 12.3. The number of anilines is 1. The lowest BCUT2D eigenvalue weighted by Gasteiger charge is -2.19. The van der Waals surface area contributed by atoms with Crippen LogP contribution in [-0.2, 0) is 14.4 Å². The molecule has 8 nitrogen and oxygen atoms in total. The van der Waals surface area contributed by atoms with Crippen LogP contribution < -0.4 is 15.4 Å². The van der Waals surface area contributed by atoms with Crippen LogP contribution in [0.4, 0.5) is 5.69 Å². The number of aliphatic hydroxyl groups is 1. The summed E-state index contributed by atoms with van der Waals surface area (Å²) in [6, 6.07) is 3.89. The van der Waals surface area contributed by atoms with Crippen molar-refractivity contribution >= 4 is 35.0 Å². The number of aliphatic hydroxyl groups excluding tert-OH is 1. The maximum Gasteiger partial charge on any atom is 0.313 e. The van der Waals surface area contributed by atoms with Crippen molar-refractivity contribution in [2.75, 3.05) is 31.6 Å². The molecule has 26 heavy (non-hydrogen) atoms. The first-order valence-electron chi connectivity index (χ1n) is 8.25. The summed E-state index contributed by atoms with van der Waals surface area (Å²) in [5.41, 5.74) is 0.300. The van der Waals surface area contributed by atoms with Gasteiger partial charge in [0.15, 0.2) is 6.61 Å². The molecule has 1 atom stereocenters. The SMILES string of the molecule is CCN(CC)C(=O)COc1ccc(NC(=O)C(=O)N[C@@H](C)CO)cc1Cl. The zero-order chi connectivity index (χ0) is 19.7. The second-order valence-corrected chi connectivity index (χ2v) is 5.92. The predicted molar refractivity (Wildman–Crippen MR) is 98.2 cm³/mol. The third kappa shape index (κ3) is 6.53. The Morgan fingerprint density at radius 3 is 2.42 bits per heavy atom. The van der Waals surface area contributed by atoms with Gasteiger partial charge in [0.25, 0.3) is 5.91 Å². The van der Waals surface area contributed by atoms with E-state index in [2.05, 4.69) is 10.6 Å². The number of benzene rings is 1. The number of ether oxygens (including phenoxy) is 1. The summed E-state index contributed by atoms with van der Waals surface area (Å²) in [5.74, 6) is -1.61. The molecule has 0 aliphatic carbocycles. The highest BCUT2D eigenvalue weighted by Gasteiger charge is 2.17. The summed E-state index contributed by atoms with van der Waals surface area (Å²) in [5, 5.41) is 13.8. The molecule has 144 valence electrons. The summed E-state index contributed by atoms with van der Waals surface area (Å²) in [7, 11) is 0. The Bertz CT molecular complexity index is 649. The van der Waals surface area contributed by atoms with E-state index in [1.54, 1.807) is 11.8 Å². The predicted octanol–water partition coefficient (Wildman–Crippen LogP) is 1.02. The second-order valence-electron chi connectivity index (χ2n) is 5.51. The number of nitrogens with one attached hydrogen (secondary N) is 2. The number of nitrogens with zero attached hydrogens (tertiary/aromatic N) is 1. The number of rotatable bonds is 8. The number of likely N-dealkylation sites (N-methyl/N-ethyl adjacent to an activating group) is 1. The molecule has 0 saturated heterocycles. The van der Waals surface area contributed by atoms with E-state index >= 15 is 0 Å². The Kier molecular flexibility index (Phi) is 8.87. The Labute approximate surface area is 157 Å². The number of hydrogen-bond donors (Lipinski definition) is 3. The molecule has 0 unspecified atom stereocenters. The summed E-state index contributed by atoms with van der Waals surface area (Å²) in [6.07, 6.45) is 0. The van der Waals surface area contributed by atoms with Crippen molar-refractivity contribution in [2.24, 2.45) is 0 Å². The number of carbonyl (C=O) groups is 3.